The molecule has 1 N–H and O–H groups in total. The minimum absolute atomic E-state index is 0.0854. The highest BCUT2D eigenvalue weighted by Gasteiger charge is 2.46. The van der Waals surface area contributed by atoms with Gasteiger partial charge in [0.1, 0.15) is 0 Å². The van der Waals surface area contributed by atoms with E-state index in [1.807, 2.05) is 6.08 Å². The van der Waals surface area contributed by atoms with E-state index in [0.29, 0.717) is 0 Å². The summed E-state index contributed by atoms with van der Waals surface area (Å²) in [7, 11) is -1.18. The quantitative estimate of drug-likeness (QED) is 0.576. The molecule has 0 spiro atoms. The van der Waals surface area contributed by atoms with Crippen LogP contribution in [-0.4, -0.2) is 18.8 Å². The molecule has 1 saturated carbocycles. The average molecular weight is 240 g/mol. The molecule has 94 valence electrons. The first-order valence-electron chi connectivity index (χ1n) is 6.58. The highest BCUT2D eigenvalue weighted by atomic mass is 28.3. The predicted octanol–water partition coefficient (Wildman–Crippen LogP) is 4.21. The average Bonchev–Trinajstić information content (AvgIpc) is 2.16. The normalized spacial score (nSPS) is 24.8. The molecule has 1 aliphatic carbocycles. The molecule has 0 aromatic heterocycles. The zero-order valence-electron chi connectivity index (χ0n) is 11.5. The topological polar surface area (TPSA) is 20.2 Å². The van der Waals surface area contributed by atoms with Gasteiger partial charge < -0.3 is 5.11 Å². The monoisotopic (exact) mass is 240 g/mol. The van der Waals surface area contributed by atoms with Gasteiger partial charge in [-0.2, -0.15) is 0 Å². The third-order valence-electron chi connectivity index (χ3n) is 4.09. The highest BCUT2D eigenvalue weighted by Crippen LogP contribution is 2.47. The van der Waals surface area contributed by atoms with Gasteiger partial charge in [0.2, 0.25) is 0 Å². The van der Waals surface area contributed by atoms with Gasteiger partial charge in [-0.1, -0.05) is 51.9 Å². The van der Waals surface area contributed by atoms with E-state index in [0.717, 1.165) is 18.9 Å². The van der Waals surface area contributed by atoms with Crippen LogP contribution in [0.25, 0.3) is 0 Å². The summed E-state index contributed by atoms with van der Waals surface area (Å²) in [6.07, 6.45) is 7.57. The van der Waals surface area contributed by atoms with E-state index in [2.05, 4.69) is 33.1 Å². The molecule has 0 heterocycles. The van der Waals surface area contributed by atoms with Gasteiger partial charge in [-0.15, -0.1) is 6.58 Å². The fraction of sp³-hybridized carbons (Fsp3) is 0.857. The smallest absolute Gasteiger partial charge is 0.0732 e. The molecule has 0 saturated heterocycles. The van der Waals surface area contributed by atoms with Crippen molar-refractivity contribution in [3.05, 3.63) is 12.7 Å². The first-order valence-corrected chi connectivity index (χ1v) is 10.3. The maximum atomic E-state index is 10.9. The van der Waals surface area contributed by atoms with Crippen molar-refractivity contribution in [3.8, 4) is 0 Å². The van der Waals surface area contributed by atoms with E-state index in [4.69, 9.17) is 0 Å². The summed E-state index contributed by atoms with van der Waals surface area (Å²) in [5.74, 6) is 0. The van der Waals surface area contributed by atoms with Crippen LogP contribution in [0.15, 0.2) is 12.7 Å². The van der Waals surface area contributed by atoms with Crippen molar-refractivity contribution in [1.29, 1.82) is 0 Å². The summed E-state index contributed by atoms with van der Waals surface area (Å²) < 4.78 is 0. The van der Waals surface area contributed by atoms with Crippen LogP contribution in [0.2, 0.25) is 25.7 Å². The Labute approximate surface area is 102 Å². The van der Waals surface area contributed by atoms with Crippen LogP contribution in [0.5, 0.6) is 0 Å². The zero-order chi connectivity index (χ0) is 12.4. The second-order valence-corrected chi connectivity index (χ2v) is 12.4. The summed E-state index contributed by atoms with van der Waals surface area (Å²) >= 11 is 0. The largest absolute Gasteiger partial charge is 0.389 e. The van der Waals surface area contributed by atoms with Gasteiger partial charge in [0.25, 0.3) is 0 Å². The van der Waals surface area contributed by atoms with Crippen molar-refractivity contribution >= 4 is 8.07 Å². The Morgan fingerprint density at radius 2 is 1.75 bits per heavy atom. The summed E-state index contributed by atoms with van der Waals surface area (Å²) in [5, 5.41) is 10.9. The van der Waals surface area contributed by atoms with Gasteiger partial charge in [0.15, 0.2) is 0 Å². The van der Waals surface area contributed by atoms with Crippen molar-refractivity contribution in [2.24, 2.45) is 5.41 Å². The maximum Gasteiger partial charge on any atom is 0.0732 e. The number of rotatable bonds is 4. The van der Waals surface area contributed by atoms with Crippen molar-refractivity contribution < 1.29 is 5.11 Å². The molecule has 2 heteroatoms. The number of hydrogen-bond donors (Lipinski definition) is 1. The zero-order valence-corrected chi connectivity index (χ0v) is 12.5. The first-order chi connectivity index (χ1) is 7.22. The lowest BCUT2D eigenvalue weighted by Gasteiger charge is -2.48. The molecule has 0 aliphatic heterocycles. The molecule has 1 fully saturated rings. The Hall–Kier alpha value is -0.0831. The van der Waals surface area contributed by atoms with Crippen LogP contribution in [0.4, 0.5) is 0 Å². The van der Waals surface area contributed by atoms with Gasteiger partial charge in [0, 0.05) is 13.5 Å². The third kappa shape index (κ3) is 2.98. The van der Waals surface area contributed by atoms with Gasteiger partial charge >= 0.3 is 0 Å². The SMILES string of the molecule is C=CC(C)(C[Si](C)(C)C)C1(O)CCCCC1. The summed E-state index contributed by atoms with van der Waals surface area (Å²) in [6.45, 7) is 13.3. The molecular weight excluding hydrogens is 212 g/mol. The van der Waals surface area contributed by atoms with Crippen LogP contribution in [0.3, 0.4) is 0 Å². The first kappa shape index (κ1) is 14.0. The molecule has 0 amide bonds. The molecule has 1 unspecified atom stereocenters. The fourth-order valence-corrected chi connectivity index (χ4v) is 5.91. The van der Waals surface area contributed by atoms with E-state index in [1.165, 1.54) is 19.3 Å². The van der Waals surface area contributed by atoms with Crippen LogP contribution in [-0.2, 0) is 0 Å². The molecule has 1 rings (SSSR count). The minimum Gasteiger partial charge on any atom is -0.389 e. The molecule has 0 aromatic carbocycles. The Morgan fingerprint density at radius 3 is 2.12 bits per heavy atom. The van der Waals surface area contributed by atoms with Crippen molar-refractivity contribution in [1.82, 2.24) is 0 Å². The molecule has 0 aromatic rings. The lowest BCUT2D eigenvalue weighted by atomic mass is 9.67. The Balaban J connectivity index is 2.89. The lowest BCUT2D eigenvalue weighted by molar-refractivity contribution is -0.0710. The van der Waals surface area contributed by atoms with Crippen molar-refractivity contribution in [3.63, 3.8) is 0 Å². The van der Waals surface area contributed by atoms with Gasteiger partial charge in [0.05, 0.1) is 5.60 Å². The van der Waals surface area contributed by atoms with E-state index in [1.54, 1.807) is 0 Å². The van der Waals surface area contributed by atoms with E-state index in [-0.39, 0.29) is 5.41 Å². The maximum absolute atomic E-state index is 10.9. The fourth-order valence-electron chi connectivity index (χ4n) is 3.24. The van der Waals surface area contributed by atoms with Crippen molar-refractivity contribution in [2.75, 3.05) is 0 Å². The Morgan fingerprint density at radius 1 is 1.25 bits per heavy atom. The second-order valence-electron chi connectivity index (χ2n) is 6.95. The summed E-state index contributed by atoms with van der Waals surface area (Å²) in [4.78, 5) is 0. The standard InChI is InChI=1S/C14H28OSi/c1-6-13(2,12-16(3,4)5)14(15)10-8-7-9-11-14/h6,15H,1,7-12H2,2-5H3. The van der Waals surface area contributed by atoms with E-state index >= 15 is 0 Å². The van der Waals surface area contributed by atoms with Crippen LogP contribution < -0.4 is 0 Å². The molecular formula is C14H28OSi. The van der Waals surface area contributed by atoms with Crippen molar-refractivity contribution in [2.45, 2.75) is 70.3 Å². The number of aliphatic hydroxyl groups is 1. The van der Waals surface area contributed by atoms with Gasteiger partial charge in [-0.05, 0) is 18.9 Å². The molecule has 1 aliphatic rings. The molecule has 16 heavy (non-hydrogen) atoms. The molecule has 1 atom stereocenters. The van der Waals surface area contributed by atoms with E-state index in [9.17, 15) is 5.11 Å². The van der Waals surface area contributed by atoms with Gasteiger partial charge in [-0.25, -0.2) is 0 Å². The molecule has 0 radical (unpaired) electrons. The minimum atomic E-state index is -1.18. The molecule has 0 bridgehead atoms. The third-order valence-corrected chi connectivity index (χ3v) is 5.89. The van der Waals surface area contributed by atoms with Crippen LogP contribution in [0, 0.1) is 5.41 Å². The highest BCUT2D eigenvalue weighted by molar-refractivity contribution is 6.76. The second kappa shape index (κ2) is 4.65. The summed E-state index contributed by atoms with van der Waals surface area (Å²) in [5.41, 5.74) is -0.578. The van der Waals surface area contributed by atoms with Crippen LogP contribution in [0.1, 0.15) is 39.0 Å². The Kier molecular flexibility index (Phi) is 4.07. The lowest BCUT2D eigenvalue weighted by Crippen LogP contribution is -2.49. The van der Waals surface area contributed by atoms with E-state index < -0.39 is 13.7 Å². The van der Waals surface area contributed by atoms with Gasteiger partial charge in [-0.3, -0.25) is 0 Å². The molecule has 1 nitrogen and oxygen atoms in total. The van der Waals surface area contributed by atoms with Crippen LogP contribution >= 0.6 is 0 Å². The predicted molar refractivity (Wildman–Crippen MR) is 74.5 cm³/mol. The number of hydrogen-bond acceptors (Lipinski definition) is 1. The summed E-state index contributed by atoms with van der Waals surface area (Å²) in [6, 6.07) is 1.14. The Bertz CT molecular complexity index is 248.